The van der Waals surface area contributed by atoms with E-state index in [1.165, 1.54) is 24.0 Å². The van der Waals surface area contributed by atoms with Gasteiger partial charge in [0.1, 0.15) is 5.65 Å². The molecule has 0 N–H and O–H groups in total. The lowest BCUT2D eigenvalue weighted by atomic mass is 9.87. The number of amides is 1. The molecule has 1 aromatic carbocycles. The van der Waals surface area contributed by atoms with E-state index < -0.39 is 0 Å². The molecule has 5 rings (SSSR count). The number of imidazole rings is 1. The van der Waals surface area contributed by atoms with Crippen molar-refractivity contribution >= 4 is 11.6 Å². The van der Waals surface area contributed by atoms with Crippen LogP contribution in [0.2, 0.25) is 0 Å². The van der Waals surface area contributed by atoms with Crippen molar-refractivity contribution in [2.45, 2.75) is 58.0 Å². The Kier molecular flexibility index (Phi) is 5.53. The lowest BCUT2D eigenvalue weighted by Crippen LogP contribution is -2.37. The van der Waals surface area contributed by atoms with Crippen molar-refractivity contribution in [3.63, 3.8) is 0 Å². The van der Waals surface area contributed by atoms with Gasteiger partial charge in [-0.1, -0.05) is 30.3 Å². The number of benzene rings is 1. The van der Waals surface area contributed by atoms with Crippen molar-refractivity contribution in [2.24, 2.45) is 0 Å². The zero-order chi connectivity index (χ0) is 21.4. The van der Waals surface area contributed by atoms with Crippen LogP contribution in [0.3, 0.4) is 0 Å². The molecule has 0 radical (unpaired) electrons. The van der Waals surface area contributed by atoms with Gasteiger partial charge in [0.15, 0.2) is 5.69 Å². The molecule has 1 amide bonds. The second-order valence-corrected chi connectivity index (χ2v) is 9.17. The highest BCUT2D eigenvalue weighted by molar-refractivity contribution is 5.94. The number of nitrogens with zero attached hydrogens (tertiary/aromatic N) is 4. The number of rotatable bonds is 4. The lowest BCUT2D eigenvalue weighted by molar-refractivity contribution is 0.0716. The van der Waals surface area contributed by atoms with Crippen LogP contribution in [0.1, 0.15) is 71.0 Å². The molecule has 3 aromatic rings. The van der Waals surface area contributed by atoms with Gasteiger partial charge in [-0.25, -0.2) is 4.98 Å². The van der Waals surface area contributed by atoms with Gasteiger partial charge in [-0.3, -0.25) is 9.69 Å². The van der Waals surface area contributed by atoms with Gasteiger partial charge < -0.3 is 9.30 Å². The molecule has 1 aliphatic carbocycles. The highest BCUT2D eigenvalue weighted by atomic mass is 16.2. The molecule has 0 bridgehead atoms. The SMILES string of the molecule is Cc1cccn2c(CN(C)C3CCCc4ccccc43)c(C(=O)N3CCCCC3)nc12. The van der Waals surface area contributed by atoms with Crippen LogP contribution in [0.25, 0.3) is 5.65 Å². The molecular formula is C26H32N4O. The second kappa shape index (κ2) is 8.46. The molecule has 162 valence electrons. The molecule has 3 heterocycles. The van der Waals surface area contributed by atoms with Crippen molar-refractivity contribution in [1.29, 1.82) is 0 Å². The van der Waals surface area contributed by atoms with E-state index in [-0.39, 0.29) is 5.91 Å². The zero-order valence-electron chi connectivity index (χ0n) is 18.7. The van der Waals surface area contributed by atoms with Crippen molar-refractivity contribution in [2.75, 3.05) is 20.1 Å². The Bertz CT molecular complexity index is 1100. The summed E-state index contributed by atoms with van der Waals surface area (Å²) in [5.41, 5.74) is 6.55. The number of fused-ring (bicyclic) bond motifs is 2. The Labute approximate surface area is 184 Å². The highest BCUT2D eigenvalue weighted by Crippen LogP contribution is 2.34. The summed E-state index contributed by atoms with van der Waals surface area (Å²) in [6, 6.07) is 13.3. The molecule has 5 nitrogen and oxygen atoms in total. The molecule has 1 unspecified atom stereocenters. The molecule has 5 heteroatoms. The van der Waals surface area contributed by atoms with E-state index in [1.807, 2.05) is 4.90 Å². The maximum absolute atomic E-state index is 13.5. The third-order valence-electron chi connectivity index (χ3n) is 7.06. The van der Waals surface area contributed by atoms with E-state index in [0.717, 1.165) is 55.7 Å². The minimum atomic E-state index is 0.0928. The van der Waals surface area contributed by atoms with Gasteiger partial charge >= 0.3 is 0 Å². The number of hydrogen-bond acceptors (Lipinski definition) is 3. The Hall–Kier alpha value is -2.66. The summed E-state index contributed by atoms with van der Waals surface area (Å²) < 4.78 is 2.14. The maximum atomic E-state index is 13.5. The van der Waals surface area contributed by atoms with Crippen LogP contribution in [0.5, 0.6) is 0 Å². The van der Waals surface area contributed by atoms with Gasteiger partial charge in [0.25, 0.3) is 5.91 Å². The standard InChI is InChI=1S/C26H32N4O/c1-19-10-9-17-30-23(24(27-25(19)30)26(31)29-15-6-3-7-16-29)18-28(2)22-14-8-12-20-11-4-5-13-21(20)22/h4-5,9-11,13,17,22H,3,6-8,12,14-16,18H2,1-2H3. The van der Waals surface area contributed by atoms with Crippen LogP contribution < -0.4 is 0 Å². The van der Waals surface area contributed by atoms with Crippen LogP contribution in [-0.4, -0.2) is 45.2 Å². The van der Waals surface area contributed by atoms with Gasteiger partial charge in [-0.15, -0.1) is 0 Å². The molecule has 0 saturated carbocycles. The Morgan fingerprint density at radius 3 is 2.74 bits per heavy atom. The normalized spacial score (nSPS) is 19.1. The average molecular weight is 417 g/mol. The summed E-state index contributed by atoms with van der Waals surface area (Å²) in [5.74, 6) is 0.0928. The highest BCUT2D eigenvalue weighted by Gasteiger charge is 2.29. The minimum absolute atomic E-state index is 0.0928. The summed E-state index contributed by atoms with van der Waals surface area (Å²) in [5, 5.41) is 0. The number of carbonyl (C=O) groups is 1. The smallest absolute Gasteiger partial charge is 0.274 e. The van der Waals surface area contributed by atoms with E-state index in [1.54, 1.807) is 0 Å². The van der Waals surface area contributed by atoms with Crippen LogP contribution in [0.4, 0.5) is 0 Å². The summed E-state index contributed by atoms with van der Waals surface area (Å²) in [6.45, 7) is 4.47. The zero-order valence-corrected chi connectivity index (χ0v) is 18.7. The lowest BCUT2D eigenvalue weighted by Gasteiger charge is -2.33. The van der Waals surface area contributed by atoms with Gasteiger partial charge in [0.05, 0.1) is 5.69 Å². The van der Waals surface area contributed by atoms with Crippen molar-refractivity contribution < 1.29 is 4.79 Å². The van der Waals surface area contributed by atoms with Gasteiger partial charge in [-0.05, 0) is 75.3 Å². The first-order valence-corrected chi connectivity index (χ1v) is 11.7. The fourth-order valence-corrected chi connectivity index (χ4v) is 5.35. The monoisotopic (exact) mass is 416 g/mol. The molecule has 2 aromatic heterocycles. The summed E-state index contributed by atoms with van der Waals surface area (Å²) in [6.07, 6.45) is 8.97. The van der Waals surface area contributed by atoms with Crippen LogP contribution >= 0.6 is 0 Å². The molecule has 1 aliphatic heterocycles. The predicted molar refractivity (Wildman–Crippen MR) is 123 cm³/mol. The predicted octanol–water partition coefficient (Wildman–Crippen LogP) is 4.78. The summed E-state index contributed by atoms with van der Waals surface area (Å²) >= 11 is 0. The number of likely N-dealkylation sites (tertiary alicyclic amines) is 1. The fourth-order valence-electron chi connectivity index (χ4n) is 5.35. The third-order valence-corrected chi connectivity index (χ3v) is 7.06. The minimum Gasteiger partial charge on any atom is -0.337 e. The molecule has 1 fully saturated rings. The summed E-state index contributed by atoms with van der Waals surface area (Å²) in [4.78, 5) is 22.8. The third kappa shape index (κ3) is 3.76. The van der Waals surface area contributed by atoms with Crippen LogP contribution in [-0.2, 0) is 13.0 Å². The molecule has 1 atom stereocenters. The molecular weight excluding hydrogens is 384 g/mol. The van der Waals surface area contributed by atoms with Gasteiger partial charge in [0, 0.05) is 31.9 Å². The van der Waals surface area contributed by atoms with Crippen molar-refractivity contribution in [1.82, 2.24) is 19.2 Å². The Balaban J connectivity index is 1.51. The van der Waals surface area contributed by atoms with Crippen LogP contribution in [0.15, 0.2) is 42.6 Å². The number of carbonyl (C=O) groups excluding carboxylic acids is 1. The van der Waals surface area contributed by atoms with Crippen molar-refractivity contribution in [3.05, 3.63) is 70.7 Å². The van der Waals surface area contributed by atoms with Gasteiger partial charge in [-0.2, -0.15) is 0 Å². The first-order valence-electron chi connectivity index (χ1n) is 11.7. The van der Waals surface area contributed by atoms with E-state index in [0.29, 0.717) is 18.3 Å². The Morgan fingerprint density at radius 2 is 1.90 bits per heavy atom. The quantitative estimate of drug-likeness (QED) is 0.615. The molecule has 2 aliphatic rings. The fraction of sp³-hybridized carbons (Fsp3) is 0.462. The van der Waals surface area contributed by atoms with E-state index >= 15 is 0 Å². The molecule has 31 heavy (non-hydrogen) atoms. The first-order chi connectivity index (χ1) is 15.1. The van der Waals surface area contributed by atoms with E-state index in [9.17, 15) is 4.79 Å². The molecule has 0 spiro atoms. The largest absolute Gasteiger partial charge is 0.337 e. The second-order valence-electron chi connectivity index (χ2n) is 9.17. The number of aromatic nitrogens is 2. The van der Waals surface area contributed by atoms with E-state index in [4.69, 9.17) is 4.98 Å². The topological polar surface area (TPSA) is 40.9 Å². The number of pyridine rings is 1. The van der Waals surface area contributed by atoms with Crippen LogP contribution in [0, 0.1) is 6.92 Å². The first kappa shape index (κ1) is 20.3. The van der Waals surface area contributed by atoms with Gasteiger partial charge in [0.2, 0.25) is 0 Å². The number of piperidine rings is 1. The number of aryl methyl sites for hydroxylation is 2. The van der Waals surface area contributed by atoms with Crippen molar-refractivity contribution in [3.8, 4) is 0 Å². The Morgan fingerprint density at radius 1 is 1.10 bits per heavy atom. The maximum Gasteiger partial charge on any atom is 0.274 e. The summed E-state index contributed by atoms with van der Waals surface area (Å²) in [7, 11) is 2.19. The molecule has 1 saturated heterocycles. The average Bonchev–Trinajstić information content (AvgIpc) is 3.18. The van der Waals surface area contributed by atoms with E-state index in [2.05, 4.69) is 65.9 Å². The number of hydrogen-bond donors (Lipinski definition) is 0.